The smallest absolute Gasteiger partial charge is 0.173 e. The summed E-state index contributed by atoms with van der Waals surface area (Å²) in [5.74, 6) is 1.32. The lowest BCUT2D eigenvalue weighted by Gasteiger charge is -2.34. The van der Waals surface area contributed by atoms with E-state index < -0.39 is 0 Å². The second-order valence-corrected chi connectivity index (χ2v) is 10.7. The molecule has 0 radical (unpaired) electrons. The highest BCUT2D eigenvalue weighted by Gasteiger charge is 2.38. The number of hydrogen-bond acceptors (Lipinski definition) is 4. The van der Waals surface area contributed by atoms with Gasteiger partial charge in [-0.15, -0.1) is 0 Å². The molecule has 2 heterocycles. The quantitative estimate of drug-likeness (QED) is 0.344. The van der Waals surface area contributed by atoms with Crippen molar-refractivity contribution in [3.8, 4) is 0 Å². The summed E-state index contributed by atoms with van der Waals surface area (Å²) in [6, 6.07) is 21.0. The SMILES string of the molecule is C[C@H]1[C@@H](c2cnc(Sc3ccccc3)n2C)c2nc(Sc3ccccc3)n(C)c2C[C@@H]1C. The van der Waals surface area contributed by atoms with E-state index in [-0.39, 0.29) is 5.92 Å². The first-order valence-electron chi connectivity index (χ1n) is 11.1. The highest BCUT2D eigenvalue weighted by molar-refractivity contribution is 7.99. The van der Waals surface area contributed by atoms with E-state index in [0.29, 0.717) is 11.8 Å². The number of fused-ring (bicyclic) bond motifs is 1. The molecule has 0 aliphatic heterocycles. The first-order chi connectivity index (χ1) is 15.5. The molecule has 0 fully saturated rings. The van der Waals surface area contributed by atoms with E-state index in [2.05, 4.69) is 97.9 Å². The molecule has 4 aromatic rings. The minimum atomic E-state index is 0.243. The number of rotatable bonds is 5. The molecule has 0 bridgehead atoms. The molecule has 0 spiro atoms. The summed E-state index contributed by atoms with van der Waals surface area (Å²) in [6.45, 7) is 4.74. The average Bonchev–Trinajstić information content (AvgIpc) is 3.30. The second kappa shape index (κ2) is 8.83. The predicted molar refractivity (Wildman–Crippen MR) is 131 cm³/mol. The second-order valence-electron chi connectivity index (χ2n) is 8.66. The van der Waals surface area contributed by atoms with Gasteiger partial charge in [0.25, 0.3) is 0 Å². The van der Waals surface area contributed by atoms with Gasteiger partial charge in [-0.05, 0) is 42.5 Å². The van der Waals surface area contributed by atoms with Crippen LogP contribution in [0.2, 0.25) is 0 Å². The van der Waals surface area contributed by atoms with Gasteiger partial charge in [-0.3, -0.25) is 0 Å². The fourth-order valence-electron chi connectivity index (χ4n) is 4.57. The van der Waals surface area contributed by atoms with Gasteiger partial charge >= 0.3 is 0 Å². The van der Waals surface area contributed by atoms with Crippen LogP contribution in [0.15, 0.2) is 87.0 Å². The van der Waals surface area contributed by atoms with Crippen LogP contribution >= 0.6 is 23.5 Å². The van der Waals surface area contributed by atoms with Crippen LogP contribution in [0.1, 0.15) is 36.8 Å². The minimum absolute atomic E-state index is 0.243. The Kier molecular flexibility index (Phi) is 5.91. The Morgan fingerprint density at radius 1 is 0.812 bits per heavy atom. The molecule has 0 saturated heterocycles. The van der Waals surface area contributed by atoms with Crippen molar-refractivity contribution in [3.05, 3.63) is 83.9 Å². The highest BCUT2D eigenvalue weighted by atomic mass is 32.2. The zero-order chi connectivity index (χ0) is 22.2. The molecule has 0 amide bonds. The van der Waals surface area contributed by atoms with Crippen LogP contribution in [-0.4, -0.2) is 19.1 Å². The van der Waals surface area contributed by atoms with Crippen molar-refractivity contribution in [2.45, 2.75) is 46.3 Å². The fraction of sp³-hybridized carbons (Fsp3) is 0.308. The molecule has 5 rings (SSSR count). The third-order valence-corrected chi connectivity index (χ3v) is 8.77. The van der Waals surface area contributed by atoms with E-state index in [1.54, 1.807) is 23.5 Å². The van der Waals surface area contributed by atoms with Crippen molar-refractivity contribution >= 4 is 23.5 Å². The van der Waals surface area contributed by atoms with Crippen molar-refractivity contribution in [1.29, 1.82) is 0 Å². The Balaban J connectivity index is 1.52. The summed E-state index contributed by atoms with van der Waals surface area (Å²) >= 11 is 3.46. The van der Waals surface area contributed by atoms with Gasteiger partial charge in [0, 0.05) is 41.2 Å². The lowest BCUT2D eigenvalue weighted by atomic mass is 9.73. The van der Waals surface area contributed by atoms with Crippen LogP contribution in [0.3, 0.4) is 0 Å². The van der Waals surface area contributed by atoms with Gasteiger partial charge in [-0.25, -0.2) is 9.97 Å². The van der Waals surface area contributed by atoms with Gasteiger partial charge in [0.1, 0.15) is 0 Å². The predicted octanol–water partition coefficient (Wildman–Crippen LogP) is 6.42. The minimum Gasteiger partial charge on any atom is -0.326 e. The summed E-state index contributed by atoms with van der Waals surface area (Å²) < 4.78 is 4.57. The summed E-state index contributed by atoms with van der Waals surface area (Å²) in [4.78, 5) is 12.4. The largest absolute Gasteiger partial charge is 0.326 e. The van der Waals surface area contributed by atoms with E-state index in [1.807, 2.05) is 6.07 Å². The number of imidazole rings is 2. The maximum Gasteiger partial charge on any atom is 0.173 e. The molecule has 4 nitrogen and oxygen atoms in total. The van der Waals surface area contributed by atoms with Crippen LogP contribution in [-0.2, 0) is 20.5 Å². The van der Waals surface area contributed by atoms with Gasteiger partial charge in [0.05, 0.1) is 11.9 Å². The van der Waals surface area contributed by atoms with Gasteiger partial charge in [0.15, 0.2) is 10.3 Å². The maximum absolute atomic E-state index is 5.20. The molecule has 2 aromatic carbocycles. The zero-order valence-corrected chi connectivity index (χ0v) is 20.5. The molecule has 0 N–H and O–H groups in total. The molecule has 1 aliphatic rings. The molecular weight excluding hydrogens is 432 g/mol. The Morgan fingerprint density at radius 2 is 1.41 bits per heavy atom. The Hall–Kier alpha value is -2.44. The molecule has 32 heavy (non-hydrogen) atoms. The van der Waals surface area contributed by atoms with Gasteiger partial charge < -0.3 is 9.13 Å². The van der Waals surface area contributed by atoms with E-state index in [0.717, 1.165) is 16.7 Å². The van der Waals surface area contributed by atoms with Crippen molar-refractivity contribution in [2.75, 3.05) is 0 Å². The molecule has 0 saturated carbocycles. The maximum atomic E-state index is 5.20. The van der Waals surface area contributed by atoms with E-state index in [1.165, 1.54) is 26.9 Å². The van der Waals surface area contributed by atoms with Crippen LogP contribution < -0.4 is 0 Å². The van der Waals surface area contributed by atoms with E-state index in [4.69, 9.17) is 9.97 Å². The fourth-order valence-corrected chi connectivity index (χ4v) is 6.31. The number of benzene rings is 2. The first kappa shape index (κ1) is 21.4. The van der Waals surface area contributed by atoms with Crippen molar-refractivity contribution in [2.24, 2.45) is 25.9 Å². The van der Waals surface area contributed by atoms with Gasteiger partial charge in [0.2, 0.25) is 0 Å². The van der Waals surface area contributed by atoms with Gasteiger partial charge in [-0.1, -0.05) is 73.8 Å². The number of hydrogen-bond donors (Lipinski definition) is 0. The van der Waals surface area contributed by atoms with Crippen LogP contribution in [0, 0.1) is 11.8 Å². The van der Waals surface area contributed by atoms with Crippen LogP contribution in [0.25, 0.3) is 0 Å². The molecule has 2 aromatic heterocycles. The summed E-state index contributed by atoms with van der Waals surface area (Å²) in [5, 5.41) is 2.08. The molecule has 6 heteroatoms. The summed E-state index contributed by atoms with van der Waals surface area (Å²) in [6.07, 6.45) is 3.13. The van der Waals surface area contributed by atoms with Crippen LogP contribution in [0.4, 0.5) is 0 Å². The molecule has 1 aliphatic carbocycles. The highest BCUT2D eigenvalue weighted by Crippen LogP contribution is 2.45. The van der Waals surface area contributed by atoms with Crippen molar-refractivity contribution in [1.82, 2.24) is 19.1 Å². The van der Waals surface area contributed by atoms with Crippen LogP contribution in [0.5, 0.6) is 0 Å². The monoisotopic (exact) mass is 460 g/mol. The van der Waals surface area contributed by atoms with Crippen molar-refractivity contribution in [3.63, 3.8) is 0 Å². The molecular formula is C26H28N4S2. The zero-order valence-electron chi connectivity index (χ0n) is 18.9. The van der Waals surface area contributed by atoms with E-state index >= 15 is 0 Å². The Labute approximate surface area is 198 Å². The number of aromatic nitrogens is 4. The standard InChI is InChI=1S/C26H28N4S2/c1-17-15-21-24(28-26(29(21)3)32-20-13-9-6-10-14-20)23(18(17)2)22-16-27-25(30(22)4)31-19-11-7-5-8-12-19/h5-14,16-18,23H,15H2,1-4H3/t17-,18+,23-/m0/s1. The molecule has 0 unspecified atom stereocenters. The Morgan fingerprint density at radius 3 is 2.03 bits per heavy atom. The number of nitrogens with zero attached hydrogens (tertiary/aromatic N) is 4. The lowest BCUT2D eigenvalue weighted by molar-refractivity contribution is 0.309. The third kappa shape index (κ3) is 3.90. The normalized spacial score (nSPS) is 20.3. The average molecular weight is 461 g/mol. The Bertz CT molecular complexity index is 1210. The summed E-state index contributed by atoms with van der Waals surface area (Å²) in [7, 11) is 4.30. The molecule has 3 atom stereocenters. The third-order valence-electron chi connectivity index (χ3n) is 6.64. The van der Waals surface area contributed by atoms with Crippen molar-refractivity contribution < 1.29 is 0 Å². The van der Waals surface area contributed by atoms with E-state index in [9.17, 15) is 0 Å². The molecule has 164 valence electrons. The van der Waals surface area contributed by atoms with Gasteiger partial charge in [-0.2, -0.15) is 0 Å². The first-order valence-corrected chi connectivity index (χ1v) is 12.7. The lowest BCUT2D eigenvalue weighted by Crippen LogP contribution is -2.29. The topological polar surface area (TPSA) is 35.6 Å². The summed E-state index contributed by atoms with van der Waals surface area (Å²) in [5.41, 5.74) is 3.83.